The highest BCUT2D eigenvalue weighted by molar-refractivity contribution is 5.51. The van der Waals surface area contributed by atoms with Crippen LogP contribution in [-0.2, 0) is 0 Å². The highest BCUT2D eigenvalue weighted by Gasteiger charge is 2.05. The van der Waals surface area contributed by atoms with Crippen molar-refractivity contribution >= 4 is 5.82 Å². The molecule has 0 atom stereocenters. The molecule has 13 heavy (non-hydrogen) atoms. The van der Waals surface area contributed by atoms with Gasteiger partial charge in [0, 0.05) is 6.20 Å². The summed E-state index contributed by atoms with van der Waals surface area (Å²) >= 11 is 0. The fourth-order valence-corrected chi connectivity index (χ4v) is 0.810. The Morgan fingerprint density at radius 1 is 1.62 bits per heavy atom. The first-order valence-corrected chi connectivity index (χ1v) is 3.61. The summed E-state index contributed by atoms with van der Waals surface area (Å²) in [4.78, 5) is 3.75. The first kappa shape index (κ1) is 9.39. The van der Waals surface area contributed by atoms with Gasteiger partial charge in [-0.15, -0.1) is 0 Å². The average Bonchev–Trinajstić information content (AvgIpc) is 2.15. The van der Waals surface area contributed by atoms with E-state index in [4.69, 9.17) is 5.26 Å². The summed E-state index contributed by atoms with van der Waals surface area (Å²) in [6.07, 6.45) is -1.01. The molecule has 0 saturated carbocycles. The second kappa shape index (κ2) is 4.36. The molecular formula is C8H7F2N3. The van der Waals surface area contributed by atoms with Gasteiger partial charge in [-0.1, -0.05) is 0 Å². The number of alkyl halides is 2. The van der Waals surface area contributed by atoms with Crippen LogP contribution in [0.2, 0.25) is 0 Å². The molecule has 0 saturated heterocycles. The summed E-state index contributed by atoms with van der Waals surface area (Å²) < 4.78 is 23.6. The number of nitrogens with one attached hydrogen (secondary N) is 1. The molecule has 1 rings (SSSR count). The van der Waals surface area contributed by atoms with E-state index in [0.717, 1.165) is 0 Å². The smallest absolute Gasteiger partial charge is 0.255 e. The van der Waals surface area contributed by atoms with Crippen LogP contribution in [0, 0.1) is 11.3 Å². The second-order valence-electron chi connectivity index (χ2n) is 2.28. The molecule has 1 heterocycles. The van der Waals surface area contributed by atoms with Gasteiger partial charge in [0.1, 0.15) is 11.9 Å². The van der Waals surface area contributed by atoms with Gasteiger partial charge >= 0.3 is 0 Å². The Morgan fingerprint density at radius 3 is 3.00 bits per heavy atom. The van der Waals surface area contributed by atoms with Gasteiger partial charge in [-0.05, 0) is 12.1 Å². The van der Waals surface area contributed by atoms with Gasteiger partial charge < -0.3 is 5.32 Å². The van der Waals surface area contributed by atoms with Crippen molar-refractivity contribution in [2.45, 2.75) is 6.43 Å². The number of anilines is 1. The van der Waals surface area contributed by atoms with E-state index in [0.29, 0.717) is 0 Å². The first-order chi connectivity index (χ1) is 6.24. The van der Waals surface area contributed by atoms with Crippen molar-refractivity contribution in [3.8, 4) is 6.07 Å². The predicted molar refractivity (Wildman–Crippen MR) is 43.4 cm³/mol. The largest absolute Gasteiger partial charge is 0.363 e. The molecule has 1 N–H and O–H groups in total. The maximum absolute atomic E-state index is 11.8. The van der Waals surface area contributed by atoms with Crippen LogP contribution in [0.4, 0.5) is 14.6 Å². The van der Waals surface area contributed by atoms with E-state index >= 15 is 0 Å². The Morgan fingerprint density at radius 2 is 2.38 bits per heavy atom. The van der Waals surface area contributed by atoms with Gasteiger partial charge in [0.25, 0.3) is 6.43 Å². The number of pyridine rings is 1. The highest BCUT2D eigenvalue weighted by atomic mass is 19.3. The van der Waals surface area contributed by atoms with E-state index in [1.54, 1.807) is 6.07 Å². The lowest BCUT2D eigenvalue weighted by atomic mass is 10.3. The SMILES string of the molecule is N#Cc1cccnc1NCC(F)F. The summed E-state index contributed by atoms with van der Waals surface area (Å²) in [5, 5.41) is 10.9. The van der Waals surface area contributed by atoms with Crippen molar-refractivity contribution in [1.29, 1.82) is 5.26 Å². The number of nitriles is 1. The molecule has 68 valence electrons. The van der Waals surface area contributed by atoms with E-state index in [9.17, 15) is 8.78 Å². The Hall–Kier alpha value is -1.70. The van der Waals surface area contributed by atoms with Gasteiger partial charge in [0.2, 0.25) is 0 Å². The third-order valence-electron chi connectivity index (χ3n) is 1.35. The van der Waals surface area contributed by atoms with Crippen LogP contribution in [0.1, 0.15) is 5.56 Å². The van der Waals surface area contributed by atoms with Gasteiger partial charge in [-0.3, -0.25) is 0 Å². The summed E-state index contributed by atoms with van der Waals surface area (Å²) in [5.41, 5.74) is 0.267. The van der Waals surface area contributed by atoms with Crippen LogP contribution in [0.25, 0.3) is 0 Å². The molecule has 0 unspecified atom stereocenters. The van der Waals surface area contributed by atoms with Crippen LogP contribution in [0.3, 0.4) is 0 Å². The van der Waals surface area contributed by atoms with E-state index in [2.05, 4.69) is 10.3 Å². The monoisotopic (exact) mass is 183 g/mol. The van der Waals surface area contributed by atoms with Crippen molar-refractivity contribution in [2.75, 3.05) is 11.9 Å². The molecule has 1 aromatic rings. The van der Waals surface area contributed by atoms with E-state index in [-0.39, 0.29) is 11.4 Å². The maximum atomic E-state index is 11.8. The lowest BCUT2D eigenvalue weighted by Crippen LogP contribution is -2.12. The molecule has 0 spiro atoms. The summed E-state index contributed by atoms with van der Waals surface area (Å²) in [7, 11) is 0. The van der Waals surface area contributed by atoms with Crippen LogP contribution >= 0.6 is 0 Å². The lowest BCUT2D eigenvalue weighted by molar-refractivity contribution is 0.163. The fourth-order valence-electron chi connectivity index (χ4n) is 0.810. The number of aromatic nitrogens is 1. The summed E-state index contributed by atoms with van der Waals surface area (Å²) in [6.45, 7) is -0.494. The van der Waals surface area contributed by atoms with Gasteiger partial charge in [0.15, 0.2) is 0 Å². The number of halogens is 2. The number of hydrogen-bond donors (Lipinski definition) is 1. The first-order valence-electron chi connectivity index (χ1n) is 3.61. The van der Waals surface area contributed by atoms with Gasteiger partial charge in [-0.2, -0.15) is 5.26 Å². The zero-order valence-electron chi connectivity index (χ0n) is 6.67. The molecule has 0 aliphatic rings. The summed E-state index contributed by atoms with van der Waals surface area (Å²) in [5.74, 6) is 0.199. The molecule has 0 bridgehead atoms. The fraction of sp³-hybridized carbons (Fsp3) is 0.250. The lowest BCUT2D eigenvalue weighted by Gasteiger charge is -2.04. The molecule has 3 nitrogen and oxygen atoms in total. The Labute approximate surface area is 74.0 Å². The highest BCUT2D eigenvalue weighted by Crippen LogP contribution is 2.09. The zero-order chi connectivity index (χ0) is 9.68. The molecular weight excluding hydrogens is 176 g/mol. The minimum atomic E-state index is -2.45. The minimum Gasteiger partial charge on any atom is -0.363 e. The zero-order valence-corrected chi connectivity index (χ0v) is 6.67. The minimum absolute atomic E-state index is 0.199. The predicted octanol–water partition coefficient (Wildman–Crippen LogP) is 1.63. The Bertz CT molecular complexity index is 319. The molecule has 0 aliphatic carbocycles. The van der Waals surface area contributed by atoms with Crippen molar-refractivity contribution in [3.63, 3.8) is 0 Å². The van der Waals surface area contributed by atoms with Crippen LogP contribution < -0.4 is 5.32 Å². The Kier molecular flexibility index (Phi) is 3.15. The van der Waals surface area contributed by atoms with Gasteiger partial charge in [0.05, 0.1) is 12.1 Å². The maximum Gasteiger partial charge on any atom is 0.255 e. The normalized spacial score (nSPS) is 9.69. The molecule has 1 aromatic heterocycles. The van der Waals surface area contributed by atoms with E-state index < -0.39 is 13.0 Å². The van der Waals surface area contributed by atoms with E-state index in [1.807, 2.05) is 6.07 Å². The third-order valence-corrected chi connectivity index (χ3v) is 1.35. The van der Waals surface area contributed by atoms with Crippen molar-refractivity contribution < 1.29 is 8.78 Å². The van der Waals surface area contributed by atoms with Crippen molar-refractivity contribution in [3.05, 3.63) is 23.9 Å². The number of nitrogens with zero attached hydrogens (tertiary/aromatic N) is 2. The quantitative estimate of drug-likeness (QED) is 0.774. The molecule has 0 fully saturated rings. The molecule has 0 amide bonds. The van der Waals surface area contributed by atoms with Crippen LogP contribution in [-0.4, -0.2) is 18.0 Å². The van der Waals surface area contributed by atoms with E-state index in [1.165, 1.54) is 12.3 Å². The second-order valence-corrected chi connectivity index (χ2v) is 2.28. The molecule has 0 aromatic carbocycles. The summed E-state index contributed by atoms with van der Waals surface area (Å²) in [6, 6.07) is 4.94. The van der Waals surface area contributed by atoms with Crippen LogP contribution in [0.5, 0.6) is 0 Å². The topological polar surface area (TPSA) is 48.7 Å². The van der Waals surface area contributed by atoms with Crippen molar-refractivity contribution in [2.24, 2.45) is 0 Å². The third kappa shape index (κ3) is 2.67. The van der Waals surface area contributed by atoms with Crippen LogP contribution in [0.15, 0.2) is 18.3 Å². The number of hydrogen-bond acceptors (Lipinski definition) is 3. The van der Waals surface area contributed by atoms with Crippen molar-refractivity contribution in [1.82, 2.24) is 4.98 Å². The molecule has 0 aliphatic heterocycles. The average molecular weight is 183 g/mol. The standard InChI is InChI=1S/C8H7F2N3/c9-7(10)5-13-8-6(4-11)2-1-3-12-8/h1-3,7H,5H2,(H,12,13). The Balaban J connectivity index is 2.71. The van der Waals surface area contributed by atoms with Gasteiger partial charge in [-0.25, -0.2) is 13.8 Å². The number of rotatable bonds is 3. The molecule has 5 heteroatoms. The molecule has 0 radical (unpaired) electrons.